The van der Waals surface area contributed by atoms with Crippen LogP contribution in [0.15, 0.2) is 41.8 Å². The lowest BCUT2D eigenvalue weighted by atomic mass is 10.1. The number of fused-ring (bicyclic) bond motifs is 1. The molecule has 4 atom stereocenters. The van der Waals surface area contributed by atoms with Gasteiger partial charge in [-0.2, -0.15) is 0 Å². The van der Waals surface area contributed by atoms with Gasteiger partial charge in [0.15, 0.2) is 33.0 Å². The summed E-state index contributed by atoms with van der Waals surface area (Å²) in [5.41, 5.74) is 7.87. The SMILES string of the molecule is CS(=O)(=O)c1ccc(CNc2ncnc3c2ncn3[C@@H]2O[C@H](CO)[C@@H](O)[C@H]2N)cc1. The number of sulfone groups is 1. The number of ether oxygens (including phenoxy) is 1. The van der Waals surface area contributed by atoms with Gasteiger partial charge in [0.05, 0.1) is 23.9 Å². The zero-order valence-electron chi connectivity index (χ0n) is 16.1. The maximum Gasteiger partial charge on any atom is 0.175 e. The third kappa shape index (κ3) is 3.75. The van der Waals surface area contributed by atoms with E-state index in [0.717, 1.165) is 11.8 Å². The first-order valence-corrected chi connectivity index (χ1v) is 11.1. The van der Waals surface area contributed by atoms with Gasteiger partial charge < -0.3 is 26.0 Å². The van der Waals surface area contributed by atoms with Crippen molar-refractivity contribution in [2.45, 2.75) is 35.9 Å². The van der Waals surface area contributed by atoms with Crippen LogP contribution in [0.2, 0.25) is 0 Å². The third-order valence-corrected chi connectivity index (χ3v) is 6.17. The molecule has 0 bridgehead atoms. The van der Waals surface area contributed by atoms with Gasteiger partial charge in [0.1, 0.15) is 18.5 Å². The number of hydrogen-bond acceptors (Lipinski definition) is 10. The molecule has 0 amide bonds. The van der Waals surface area contributed by atoms with Crippen molar-refractivity contribution in [3.8, 4) is 0 Å². The zero-order valence-corrected chi connectivity index (χ0v) is 16.9. The Morgan fingerprint density at radius 3 is 2.60 bits per heavy atom. The van der Waals surface area contributed by atoms with Crippen LogP contribution in [0.1, 0.15) is 11.8 Å². The second-order valence-corrected chi connectivity index (χ2v) is 9.15. The Morgan fingerprint density at radius 2 is 1.97 bits per heavy atom. The Bertz CT molecular complexity index is 1150. The number of nitrogens with two attached hydrogens (primary N) is 1. The number of imidazole rings is 1. The summed E-state index contributed by atoms with van der Waals surface area (Å²) in [6.45, 7) is 0.0473. The van der Waals surface area contributed by atoms with Crippen LogP contribution in [0.5, 0.6) is 0 Å². The molecular formula is C18H22N6O5S. The van der Waals surface area contributed by atoms with E-state index >= 15 is 0 Å². The van der Waals surface area contributed by atoms with Gasteiger partial charge in [-0.3, -0.25) is 4.57 Å². The Kier molecular flexibility index (Phi) is 5.42. The molecule has 11 nitrogen and oxygen atoms in total. The summed E-state index contributed by atoms with van der Waals surface area (Å²) in [5, 5.41) is 22.6. The second-order valence-electron chi connectivity index (χ2n) is 7.13. The lowest BCUT2D eigenvalue weighted by molar-refractivity contribution is -0.0437. The Labute approximate surface area is 172 Å². The molecule has 160 valence electrons. The number of hydrogen-bond donors (Lipinski definition) is 4. The summed E-state index contributed by atoms with van der Waals surface area (Å²) in [5.74, 6) is 0.483. The summed E-state index contributed by atoms with van der Waals surface area (Å²) < 4.78 is 30.4. The van der Waals surface area contributed by atoms with Gasteiger partial charge in [0.2, 0.25) is 0 Å². The highest BCUT2D eigenvalue weighted by molar-refractivity contribution is 7.90. The number of aliphatic hydroxyl groups is 2. The normalized spacial score (nSPS) is 24.4. The Balaban J connectivity index is 1.55. The monoisotopic (exact) mass is 434 g/mol. The van der Waals surface area contributed by atoms with E-state index in [-0.39, 0.29) is 11.5 Å². The molecule has 3 heterocycles. The molecule has 1 fully saturated rings. The van der Waals surface area contributed by atoms with Crippen LogP contribution >= 0.6 is 0 Å². The number of nitrogens with one attached hydrogen (secondary N) is 1. The number of benzene rings is 1. The van der Waals surface area contributed by atoms with Gasteiger partial charge in [-0.15, -0.1) is 0 Å². The Hall–Kier alpha value is -2.64. The first kappa shape index (κ1) is 20.6. The van der Waals surface area contributed by atoms with Crippen LogP contribution in [0.25, 0.3) is 11.2 Å². The van der Waals surface area contributed by atoms with Crippen molar-refractivity contribution in [1.29, 1.82) is 0 Å². The Morgan fingerprint density at radius 1 is 1.23 bits per heavy atom. The molecule has 5 N–H and O–H groups in total. The summed E-state index contributed by atoms with van der Waals surface area (Å²) in [6.07, 6.45) is 1.52. The van der Waals surface area contributed by atoms with Gasteiger partial charge in [-0.25, -0.2) is 23.4 Å². The summed E-state index contributed by atoms with van der Waals surface area (Å²) in [7, 11) is -3.24. The lowest BCUT2D eigenvalue weighted by Gasteiger charge is -2.17. The van der Waals surface area contributed by atoms with E-state index in [0.29, 0.717) is 23.5 Å². The molecule has 1 aliphatic rings. The van der Waals surface area contributed by atoms with Gasteiger partial charge in [-0.1, -0.05) is 12.1 Å². The standard InChI is InChI=1S/C18H22N6O5S/c1-30(27,28)11-4-2-10(3-5-11)6-20-16-14-17(22-8-21-16)24(9-23-14)18-13(19)15(26)12(7-25)29-18/h2-5,8-9,12-13,15,18,25-26H,6-7,19H2,1H3,(H,20,21,22)/t12-,13-,15-,18-/m1/s1. The summed E-state index contributed by atoms with van der Waals surface area (Å²) in [4.78, 5) is 13.1. The van der Waals surface area contributed by atoms with Crippen LogP contribution < -0.4 is 11.1 Å². The van der Waals surface area contributed by atoms with Crippen LogP contribution in [-0.4, -0.2) is 69.3 Å². The minimum absolute atomic E-state index is 0.255. The van der Waals surface area contributed by atoms with Crippen molar-refractivity contribution in [2.75, 3.05) is 18.2 Å². The maximum absolute atomic E-state index is 11.6. The van der Waals surface area contributed by atoms with E-state index in [4.69, 9.17) is 10.5 Å². The predicted molar refractivity (Wildman–Crippen MR) is 107 cm³/mol. The molecule has 1 aromatic carbocycles. The van der Waals surface area contributed by atoms with E-state index in [9.17, 15) is 18.6 Å². The number of aromatic nitrogens is 4. The van der Waals surface area contributed by atoms with Crippen LogP contribution in [-0.2, 0) is 21.1 Å². The molecule has 3 aromatic rings. The molecule has 0 saturated carbocycles. The third-order valence-electron chi connectivity index (χ3n) is 5.04. The van der Waals surface area contributed by atoms with Crippen molar-refractivity contribution in [1.82, 2.24) is 19.5 Å². The highest BCUT2D eigenvalue weighted by atomic mass is 32.2. The number of nitrogens with zero attached hydrogens (tertiary/aromatic N) is 4. The van der Waals surface area contributed by atoms with Crippen molar-refractivity contribution in [3.63, 3.8) is 0 Å². The average Bonchev–Trinajstić information content (AvgIpc) is 3.27. The first-order chi connectivity index (χ1) is 14.3. The van der Waals surface area contributed by atoms with Crippen LogP contribution in [0.3, 0.4) is 0 Å². The highest BCUT2D eigenvalue weighted by Crippen LogP contribution is 2.31. The minimum Gasteiger partial charge on any atom is -0.394 e. The van der Waals surface area contributed by atoms with Crippen molar-refractivity contribution >= 4 is 26.8 Å². The van der Waals surface area contributed by atoms with Crippen molar-refractivity contribution in [2.24, 2.45) is 5.73 Å². The molecular weight excluding hydrogens is 412 g/mol. The molecule has 4 rings (SSSR count). The van der Waals surface area contributed by atoms with Gasteiger partial charge >= 0.3 is 0 Å². The molecule has 12 heteroatoms. The second kappa shape index (κ2) is 7.89. The number of rotatable bonds is 6. The van der Waals surface area contributed by atoms with Gasteiger partial charge in [0.25, 0.3) is 0 Å². The maximum atomic E-state index is 11.6. The van der Waals surface area contributed by atoms with Gasteiger partial charge in [0, 0.05) is 12.8 Å². The highest BCUT2D eigenvalue weighted by Gasteiger charge is 2.42. The number of aliphatic hydroxyl groups excluding tert-OH is 2. The van der Waals surface area contributed by atoms with Crippen molar-refractivity contribution in [3.05, 3.63) is 42.5 Å². The topological polar surface area (TPSA) is 165 Å². The molecule has 1 aliphatic heterocycles. The molecule has 30 heavy (non-hydrogen) atoms. The molecule has 2 aromatic heterocycles. The van der Waals surface area contributed by atoms with Gasteiger partial charge in [-0.05, 0) is 17.7 Å². The fourth-order valence-electron chi connectivity index (χ4n) is 3.38. The van der Waals surface area contributed by atoms with Crippen LogP contribution in [0, 0.1) is 0 Å². The minimum atomic E-state index is -3.24. The van der Waals surface area contributed by atoms with E-state index < -0.39 is 34.3 Å². The van der Waals surface area contributed by atoms with E-state index in [1.54, 1.807) is 28.8 Å². The predicted octanol–water partition coefficient (Wildman–Crippen LogP) is -0.580. The fraction of sp³-hybridized carbons (Fsp3) is 0.389. The largest absolute Gasteiger partial charge is 0.394 e. The van der Waals surface area contributed by atoms with E-state index in [1.165, 1.54) is 12.7 Å². The smallest absolute Gasteiger partial charge is 0.175 e. The molecule has 0 radical (unpaired) electrons. The number of anilines is 1. The van der Waals surface area contributed by atoms with Crippen molar-refractivity contribution < 1.29 is 23.4 Å². The first-order valence-electron chi connectivity index (χ1n) is 9.20. The fourth-order valence-corrected chi connectivity index (χ4v) is 4.01. The summed E-state index contributed by atoms with van der Waals surface area (Å²) in [6, 6.07) is 5.81. The van der Waals surface area contributed by atoms with E-state index in [2.05, 4.69) is 20.3 Å². The van der Waals surface area contributed by atoms with Crippen LogP contribution in [0.4, 0.5) is 5.82 Å². The lowest BCUT2D eigenvalue weighted by Crippen LogP contribution is -2.39. The molecule has 0 aliphatic carbocycles. The molecule has 0 unspecified atom stereocenters. The van der Waals surface area contributed by atoms with E-state index in [1.807, 2.05) is 0 Å². The quantitative estimate of drug-likeness (QED) is 0.394. The summed E-state index contributed by atoms with van der Waals surface area (Å²) >= 11 is 0. The molecule has 0 spiro atoms. The zero-order chi connectivity index (χ0) is 21.5. The average molecular weight is 434 g/mol. The molecule has 1 saturated heterocycles.